The molecule has 8 atom stereocenters. The molecule has 8 unspecified atom stereocenters. The maximum atomic E-state index is 13.2. The molecule has 0 fully saturated rings. The van der Waals surface area contributed by atoms with Crippen molar-refractivity contribution in [1.82, 2.24) is 6.15 Å². The first-order valence-corrected chi connectivity index (χ1v) is 7.58. The van der Waals surface area contributed by atoms with Crippen molar-refractivity contribution in [3.05, 3.63) is 0 Å². The zero-order chi connectivity index (χ0) is 18.5. The monoisotopic (exact) mass is 401 g/mol. The van der Waals surface area contributed by atoms with E-state index in [1.54, 1.807) is 0 Å². The maximum absolute atomic E-state index is 13.2. The van der Waals surface area contributed by atoms with Gasteiger partial charge in [-0.05, 0) is 0 Å². The van der Waals surface area contributed by atoms with Crippen molar-refractivity contribution in [2.45, 2.75) is 49.4 Å². The van der Waals surface area contributed by atoms with Gasteiger partial charge in [-0.1, -0.05) is 0 Å². The van der Waals surface area contributed by atoms with Crippen LogP contribution >= 0.6 is 0 Å². The zero-order valence-electron chi connectivity index (χ0n) is 11.8. The van der Waals surface area contributed by atoms with E-state index in [0.717, 1.165) is 0 Å². The van der Waals surface area contributed by atoms with E-state index in [9.17, 15) is 47.9 Å². The number of alkyl halides is 9. The molecule has 0 saturated carbocycles. The molecule has 0 aromatic carbocycles. The van der Waals surface area contributed by atoms with Crippen LogP contribution in [0.5, 0.6) is 0 Å². The average molecular weight is 401 g/mol. The van der Waals surface area contributed by atoms with Crippen LogP contribution in [0.1, 0.15) is 0 Å². The molecule has 0 amide bonds. The molecule has 24 heavy (non-hydrogen) atoms. The minimum atomic E-state index is -5.12. The zero-order valence-corrected chi connectivity index (χ0v) is 12.6. The van der Waals surface area contributed by atoms with Crippen molar-refractivity contribution in [1.29, 1.82) is 0 Å². The van der Waals surface area contributed by atoms with Gasteiger partial charge in [0.15, 0.2) is 49.4 Å². The molecule has 4 nitrogen and oxygen atoms in total. The Hall–Kier alpha value is -0.760. The van der Waals surface area contributed by atoms with Crippen molar-refractivity contribution in [3.8, 4) is 0 Å². The standard InChI is InChI=1S/C10H13F9O3S.H3N/c11-1-3(12)5(14)7(16)9(18)10(19)8(17)6(15)4(13)2-23(20,21)22;/h3-10H,1-2H2,(H,20,21,22);1H3. The van der Waals surface area contributed by atoms with Gasteiger partial charge in [-0.25, -0.2) is 39.5 Å². The van der Waals surface area contributed by atoms with E-state index in [1.807, 2.05) is 0 Å². The second kappa shape index (κ2) is 10.3. The molecular weight excluding hydrogens is 385 g/mol. The SMILES string of the molecule is N.O=S(=O)(O)CC(F)C(F)C(F)C(F)C(F)C(F)C(F)C(F)CF. The van der Waals surface area contributed by atoms with Gasteiger partial charge >= 0.3 is 0 Å². The van der Waals surface area contributed by atoms with Gasteiger partial charge in [0, 0.05) is 0 Å². The summed E-state index contributed by atoms with van der Waals surface area (Å²) < 4.78 is 145. The topological polar surface area (TPSA) is 89.4 Å². The molecule has 0 aliphatic heterocycles. The number of hydrogen-bond donors (Lipinski definition) is 2. The van der Waals surface area contributed by atoms with Crippen LogP contribution in [0, 0.1) is 0 Å². The van der Waals surface area contributed by atoms with Crippen LogP contribution in [0.3, 0.4) is 0 Å². The maximum Gasteiger partial charge on any atom is 0.267 e. The van der Waals surface area contributed by atoms with E-state index < -0.39 is 71.9 Å². The van der Waals surface area contributed by atoms with Crippen LogP contribution in [-0.4, -0.2) is 74.8 Å². The lowest BCUT2D eigenvalue weighted by Gasteiger charge is -2.25. The molecule has 148 valence electrons. The first-order chi connectivity index (χ1) is 10.3. The smallest absolute Gasteiger partial charge is 0.267 e. The first-order valence-electron chi connectivity index (χ1n) is 5.97. The molecule has 0 rings (SSSR count). The minimum absolute atomic E-state index is 0. The van der Waals surface area contributed by atoms with Gasteiger partial charge in [-0.2, -0.15) is 8.42 Å². The Morgan fingerprint density at radius 3 is 1.25 bits per heavy atom. The van der Waals surface area contributed by atoms with Gasteiger partial charge in [0.25, 0.3) is 10.1 Å². The Balaban J connectivity index is 0. The van der Waals surface area contributed by atoms with E-state index in [-0.39, 0.29) is 6.15 Å². The largest absolute Gasteiger partial charge is 0.344 e. The Morgan fingerprint density at radius 1 is 0.667 bits per heavy atom. The average Bonchev–Trinajstić information content (AvgIpc) is 2.47. The molecule has 0 bridgehead atoms. The Labute approximate surface area is 131 Å². The highest BCUT2D eigenvalue weighted by atomic mass is 32.2. The normalized spacial score (nSPS) is 22.4. The molecule has 0 saturated heterocycles. The number of rotatable bonds is 10. The van der Waals surface area contributed by atoms with E-state index in [2.05, 4.69) is 0 Å². The van der Waals surface area contributed by atoms with Crippen LogP contribution in [-0.2, 0) is 10.1 Å². The van der Waals surface area contributed by atoms with Crippen LogP contribution in [0.4, 0.5) is 39.5 Å². The van der Waals surface area contributed by atoms with Crippen molar-refractivity contribution in [3.63, 3.8) is 0 Å². The summed E-state index contributed by atoms with van der Waals surface area (Å²) in [5.41, 5.74) is 0. The van der Waals surface area contributed by atoms with Crippen LogP contribution < -0.4 is 6.15 Å². The second-order valence-electron chi connectivity index (χ2n) is 4.60. The third-order valence-corrected chi connectivity index (χ3v) is 3.47. The summed E-state index contributed by atoms with van der Waals surface area (Å²) in [6.45, 7) is -2.09. The van der Waals surface area contributed by atoms with E-state index >= 15 is 0 Å². The minimum Gasteiger partial charge on any atom is -0.344 e. The molecule has 0 aromatic rings. The van der Waals surface area contributed by atoms with E-state index in [1.165, 1.54) is 0 Å². The highest BCUT2D eigenvalue weighted by Crippen LogP contribution is 2.27. The van der Waals surface area contributed by atoms with E-state index in [0.29, 0.717) is 0 Å². The summed E-state index contributed by atoms with van der Waals surface area (Å²) in [5.74, 6) is -1.99. The number of halogens is 9. The van der Waals surface area contributed by atoms with Crippen molar-refractivity contribution < 1.29 is 52.5 Å². The fourth-order valence-corrected chi connectivity index (χ4v) is 2.07. The summed E-state index contributed by atoms with van der Waals surface area (Å²) in [7, 11) is -5.12. The summed E-state index contributed by atoms with van der Waals surface area (Å²) in [4.78, 5) is 0. The first kappa shape index (κ1) is 25.5. The summed E-state index contributed by atoms with van der Waals surface area (Å²) >= 11 is 0. The predicted molar refractivity (Wildman–Crippen MR) is 66.6 cm³/mol. The van der Waals surface area contributed by atoms with Gasteiger partial charge < -0.3 is 6.15 Å². The summed E-state index contributed by atoms with van der Waals surface area (Å²) in [6.07, 6.45) is -28.8. The highest BCUT2D eigenvalue weighted by molar-refractivity contribution is 7.85. The Kier molecular flexibility index (Phi) is 10.9. The molecule has 0 aromatic heterocycles. The van der Waals surface area contributed by atoms with Crippen LogP contribution in [0.25, 0.3) is 0 Å². The van der Waals surface area contributed by atoms with Crippen molar-refractivity contribution in [2.75, 3.05) is 12.4 Å². The van der Waals surface area contributed by atoms with Crippen LogP contribution in [0.15, 0.2) is 0 Å². The molecule has 0 aliphatic rings. The fourth-order valence-electron chi connectivity index (χ4n) is 1.48. The fraction of sp³-hybridized carbons (Fsp3) is 1.00. The molecule has 0 heterocycles. The van der Waals surface area contributed by atoms with Crippen LogP contribution in [0.2, 0.25) is 0 Å². The quantitative estimate of drug-likeness (QED) is 0.435. The second-order valence-corrected chi connectivity index (χ2v) is 6.10. The summed E-state index contributed by atoms with van der Waals surface area (Å²) in [6, 6.07) is 0. The molecule has 0 radical (unpaired) electrons. The van der Waals surface area contributed by atoms with Gasteiger partial charge in [-0.15, -0.1) is 0 Å². The highest BCUT2D eigenvalue weighted by Gasteiger charge is 2.47. The Morgan fingerprint density at radius 2 is 0.958 bits per heavy atom. The molecular formula is C10H16F9NO3S. The van der Waals surface area contributed by atoms with Crippen molar-refractivity contribution >= 4 is 10.1 Å². The molecule has 14 heteroatoms. The lowest BCUT2D eigenvalue weighted by Crippen LogP contribution is -2.47. The van der Waals surface area contributed by atoms with Gasteiger partial charge in [0.1, 0.15) is 12.4 Å². The molecule has 0 aliphatic carbocycles. The van der Waals surface area contributed by atoms with Crippen molar-refractivity contribution in [2.24, 2.45) is 0 Å². The van der Waals surface area contributed by atoms with Gasteiger partial charge in [0.05, 0.1) is 0 Å². The molecule has 4 N–H and O–H groups in total. The Bertz CT molecular complexity index is 457. The van der Waals surface area contributed by atoms with Gasteiger partial charge in [-0.3, -0.25) is 4.55 Å². The lowest BCUT2D eigenvalue weighted by atomic mass is 9.98. The third kappa shape index (κ3) is 7.42. The molecule has 0 spiro atoms. The van der Waals surface area contributed by atoms with E-state index in [4.69, 9.17) is 4.55 Å². The lowest BCUT2D eigenvalue weighted by molar-refractivity contribution is -0.0460. The predicted octanol–water partition coefficient (Wildman–Crippen LogP) is 2.71. The summed E-state index contributed by atoms with van der Waals surface area (Å²) in [5, 5.41) is 0. The third-order valence-electron chi connectivity index (χ3n) is 2.73. The van der Waals surface area contributed by atoms with Gasteiger partial charge in [0.2, 0.25) is 0 Å². The number of hydrogen-bond acceptors (Lipinski definition) is 3.